The first-order valence-corrected chi connectivity index (χ1v) is 6.31. The van der Waals surface area contributed by atoms with Crippen molar-refractivity contribution in [3.05, 3.63) is 52.7 Å². The van der Waals surface area contributed by atoms with Crippen molar-refractivity contribution in [1.82, 2.24) is 10.2 Å². The fourth-order valence-electron chi connectivity index (χ4n) is 1.80. The Hall–Kier alpha value is -2.56. The van der Waals surface area contributed by atoms with Gasteiger partial charge in [0.25, 0.3) is 0 Å². The number of benzene rings is 1. The van der Waals surface area contributed by atoms with Crippen molar-refractivity contribution < 1.29 is 9.90 Å². The number of carboxylic acids is 1. The van der Waals surface area contributed by atoms with Crippen molar-refractivity contribution in [1.29, 1.82) is 0 Å². The maximum Gasteiger partial charge on any atom is 0.335 e. The van der Waals surface area contributed by atoms with Gasteiger partial charge < -0.3 is 10.4 Å². The molecular formula is C15H17N3O2. The molecule has 1 aromatic carbocycles. The van der Waals surface area contributed by atoms with Crippen LogP contribution in [0.15, 0.2) is 35.9 Å². The Balaban J connectivity index is 1.97. The first-order valence-electron chi connectivity index (χ1n) is 6.31. The number of nitrogens with zero attached hydrogens (tertiary/aromatic N) is 1. The SMILES string of the molecule is CC(=Cc1ccc(C(=O)O)cc1)CNc1cc(C)[nH]n1. The van der Waals surface area contributed by atoms with Gasteiger partial charge >= 0.3 is 5.97 Å². The minimum Gasteiger partial charge on any atom is -0.478 e. The molecular weight excluding hydrogens is 254 g/mol. The highest BCUT2D eigenvalue weighted by Crippen LogP contribution is 2.10. The molecule has 0 bridgehead atoms. The van der Waals surface area contributed by atoms with Crippen molar-refractivity contribution in [3.8, 4) is 0 Å². The molecule has 0 aliphatic carbocycles. The highest BCUT2D eigenvalue weighted by molar-refractivity contribution is 5.87. The number of aromatic nitrogens is 2. The van der Waals surface area contributed by atoms with Crippen molar-refractivity contribution in [2.75, 3.05) is 11.9 Å². The molecule has 0 spiro atoms. The van der Waals surface area contributed by atoms with Gasteiger partial charge in [0.15, 0.2) is 0 Å². The van der Waals surface area contributed by atoms with Crippen LogP contribution in [-0.2, 0) is 0 Å². The molecule has 0 aliphatic heterocycles. The average molecular weight is 271 g/mol. The third kappa shape index (κ3) is 3.71. The van der Waals surface area contributed by atoms with Crippen LogP contribution < -0.4 is 5.32 Å². The summed E-state index contributed by atoms with van der Waals surface area (Å²) in [6.07, 6.45) is 2.01. The average Bonchev–Trinajstić information content (AvgIpc) is 2.83. The number of aryl methyl sites for hydroxylation is 1. The minimum absolute atomic E-state index is 0.296. The van der Waals surface area contributed by atoms with Gasteiger partial charge in [0.1, 0.15) is 5.82 Å². The van der Waals surface area contributed by atoms with E-state index in [1.807, 2.05) is 26.0 Å². The van der Waals surface area contributed by atoms with Crippen molar-refractivity contribution in [2.24, 2.45) is 0 Å². The Kier molecular flexibility index (Phi) is 4.20. The second-order valence-electron chi connectivity index (χ2n) is 4.71. The van der Waals surface area contributed by atoms with E-state index in [1.165, 1.54) is 0 Å². The zero-order valence-electron chi connectivity index (χ0n) is 11.5. The van der Waals surface area contributed by atoms with Crippen LogP contribution in [0.3, 0.4) is 0 Å². The molecule has 0 amide bonds. The summed E-state index contributed by atoms with van der Waals surface area (Å²) in [7, 11) is 0. The van der Waals surface area contributed by atoms with Crippen molar-refractivity contribution in [2.45, 2.75) is 13.8 Å². The van der Waals surface area contributed by atoms with Gasteiger partial charge in [-0.3, -0.25) is 5.10 Å². The lowest BCUT2D eigenvalue weighted by Crippen LogP contribution is -2.02. The molecule has 0 saturated carbocycles. The molecule has 1 heterocycles. The van der Waals surface area contributed by atoms with E-state index in [2.05, 4.69) is 15.5 Å². The number of anilines is 1. The van der Waals surface area contributed by atoms with Crippen LogP contribution in [0.1, 0.15) is 28.5 Å². The van der Waals surface area contributed by atoms with E-state index >= 15 is 0 Å². The van der Waals surface area contributed by atoms with Crippen LogP contribution in [0.4, 0.5) is 5.82 Å². The summed E-state index contributed by atoms with van der Waals surface area (Å²) in [5.74, 6) is -0.0932. The predicted molar refractivity (Wildman–Crippen MR) is 78.9 cm³/mol. The molecule has 0 unspecified atom stereocenters. The summed E-state index contributed by atoms with van der Waals surface area (Å²) in [5.41, 5.74) is 3.42. The number of carboxylic acid groups (broad SMARTS) is 1. The largest absolute Gasteiger partial charge is 0.478 e. The predicted octanol–water partition coefficient (Wildman–Crippen LogP) is 2.93. The van der Waals surface area contributed by atoms with E-state index in [9.17, 15) is 4.79 Å². The Bertz CT molecular complexity index is 627. The van der Waals surface area contributed by atoms with Gasteiger partial charge in [-0.15, -0.1) is 0 Å². The molecule has 5 heteroatoms. The zero-order chi connectivity index (χ0) is 14.5. The Morgan fingerprint density at radius 3 is 2.65 bits per heavy atom. The first-order chi connectivity index (χ1) is 9.54. The minimum atomic E-state index is -0.909. The quantitative estimate of drug-likeness (QED) is 0.781. The second-order valence-corrected chi connectivity index (χ2v) is 4.71. The van der Waals surface area contributed by atoms with E-state index < -0.39 is 5.97 Å². The molecule has 2 rings (SSSR count). The van der Waals surface area contributed by atoms with E-state index in [-0.39, 0.29) is 0 Å². The van der Waals surface area contributed by atoms with Gasteiger partial charge in [0, 0.05) is 18.3 Å². The normalized spacial score (nSPS) is 11.4. The van der Waals surface area contributed by atoms with Gasteiger partial charge in [-0.1, -0.05) is 23.8 Å². The lowest BCUT2D eigenvalue weighted by atomic mass is 10.1. The van der Waals surface area contributed by atoms with E-state index in [1.54, 1.807) is 24.3 Å². The molecule has 2 aromatic rings. The number of H-pyrrole nitrogens is 1. The summed E-state index contributed by atoms with van der Waals surface area (Å²) < 4.78 is 0. The number of hydrogen-bond acceptors (Lipinski definition) is 3. The lowest BCUT2D eigenvalue weighted by Gasteiger charge is -2.03. The summed E-state index contributed by atoms with van der Waals surface area (Å²) in [6, 6.07) is 8.74. The number of nitrogens with one attached hydrogen (secondary N) is 2. The van der Waals surface area contributed by atoms with Gasteiger partial charge in [-0.2, -0.15) is 5.10 Å². The lowest BCUT2D eigenvalue weighted by molar-refractivity contribution is 0.0697. The molecule has 0 saturated heterocycles. The molecule has 0 aliphatic rings. The summed E-state index contributed by atoms with van der Waals surface area (Å²) >= 11 is 0. The Labute approximate surface area is 117 Å². The van der Waals surface area contributed by atoms with Crippen molar-refractivity contribution in [3.63, 3.8) is 0 Å². The van der Waals surface area contributed by atoms with E-state index in [0.29, 0.717) is 12.1 Å². The topological polar surface area (TPSA) is 78.0 Å². The highest BCUT2D eigenvalue weighted by Gasteiger charge is 2.01. The molecule has 0 fully saturated rings. The monoisotopic (exact) mass is 271 g/mol. The van der Waals surface area contributed by atoms with Gasteiger partial charge in [-0.05, 0) is 31.5 Å². The Morgan fingerprint density at radius 2 is 2.10 bits per heavy atom. The fourth-order valence-corrected chi connectivity index (χ4v) is 1.80. The molecule has 5 nitrogen and oxygen atoms in total. The maximum atomic E-state index is 10.8. The van der Waals surface area contributed by atoms with E-state index in [4.69, 9.17) is 5.11 Å². The summed E-state index contributed by atoms with van der Waals surface area (Å²) in [4.78, 5) is 10.8. The van der Waals surface area contributed by atoms with Crippen LogP contribution in [0, 0.1) is 6.92 Å². The first kappa shape index (κ1) is 13.9. The molecule has 0 atom stereocenters. The highest BCUT2D eigenvalue weighted by atomic mass is 16.4. The van der Waals surface area contributed by atoms with Crippen molar-refractivity contribution >= 4 is 17.9 Å². The Morgan fingerprint density at radius 1 is 1.40 bits per heavy atom. The second kappa shape index (κ2) is 6.06. The molecule has 3 N–H and O–H groups in total. The number of hydrogen-bond donors (Lipinski definition) is 3. The van der Waals surface area contributed by atoms with E-state index in [0.717, 1.165) is 22.6 Å². The number of rotatable bonds is 5. The van der Waals surface area contributed by atoms with Crippen LogP contribution >= 0.6 is 0 Å². The van der Waals surface area contributed by atoms with Crippen LogP contribution in [0.2, 0.25) is 0 Å². The van der Waals surface area contributed by atoms with Crippen LogP contribution in [0.25, 0.3) is 6.08 Å². The van der Waals surface area contributed by atoms with Crippen LogP contribution in [0.5, 0.6) is 0 Å². The van der Waals surface area contributed by atoms with Gasteiger partial charge in [0.2, 0.25) is 0 Å². The molecule has 104 valence electrons. The number of carbonyl (C=O) groups is 1. The summed E-state index contributed by atoms with van der Waals surface area (Å²) in [5, 5.41) is 19.0. The third-order valence-electron chi connectivity index (χ3n) is 2.82. The summed E-state index contributed by atoms with van der Waals surface area (Å²) in [6.45, 7) is 4.65. The van der Waals surface area contributed by atoms with Gasteiger partial charge in [-0.25, -0.2) is 4.79 Å². The molecule has 20 heavy (non-hydrogen) atoms. The standard InChI is InChI=1S/C15H17N3O2/c1-10(9-16-14-8-11(2)17-18-14)7-12-3-5-13(6-4-12)15(19)20/h3-8H,9H2,1-2H3,(H,19,20)(H2,16,17,18). The maximum absolute atomic E-state index is 10.8. The molecule has 0 radical (unpaired) electrons. The zero-order valence-corrected chi connectivity index (χ0v) is 11.5. The molecule has 1 aromatic heterocycles. The fraction of sp³-hybridized carbons (Fsp3) is 0.200. The number of aromatic amines is 1. The smallest absolute Gasteiger partial charge is 0.335 e. The van der Waals surface area contributed by atoms with Gasteiger partial charge in [0.05, 0.1) is 5.56 Å². The van der Waals surface area contributed by atoms with Crippen LogP contribution in [-0.4, -0.2) is 27.8 Å². The number of aromatic carboxylic acids is 1. The third-order valence-corrected chi connectivity index (χ3v) is 2.82.